The predicted octanol–water partition coefficient (Wildman–Crippen LogP) is 4.20. The second-order valence-electron chi connectivity index (χ2n) is 6.46. The summed E-state index contributed by atoms with van der Waals surface area (Å²) in [5.41, 5.74) is 0. The average molecular weight is 311 g/mol. The number of nitrogens with zero attached hydrogens (tertiary/aromatic N) is 1. The first-order chi connectivity index (χ1) is 10.8. The zero-order valence-electron chi connectivity index (χ0n) is 13.7. The van der Waals surface area contributed by atoms with Gasteiger partial charge in [0.1, 0.15) is 0 Å². The highest BCUT2D eigenvalue weighted by molar-refractivity contribution is 7.73. The Balaban J connectivity index is 2.03. The number of hydrogen-bond acceptors (Lipinski definition) is 1. The summed E-state index contributed by atoms with van der Waals surface area (Å²) in [6.07, 6.45) is 5.59. The van der Waals surface area contributed by atoms with Crippen molar-refractivity contribution in [3.63, 3.8) is 0 Å². The Hall–Kier alpha value is -1.17. The Kier molecular flexibility index (Phi) is 5.28. The van der Waals surface area contributed by atoms with Gasteiger partial charge < -0.3 is 4.90 Å². The van der Waals surface area contributed by atoms with Crippen molar-refractivity contribution in [2.24, 2.45) is 5.92 Å². The van der Waals surface area contributed by atoms with Gasteiger partial charge in [-0.2, -0.15) is 0 Å². The minimum atomic E-state index is -0.339. The minimum absolute atomic E-state index is 0.339. The molecule has 0 saturated heterocycles. The molecule has 1 unspecified atom stereocenters. The summed E-state index contributed by atoms with van der Waals surface area (Å²) < 4.78 is 0. The lowest BCUT2D eigenvalue weighted by atomic mass is 10.1. The lowest BCUT2D eigenvalue weighted by molar-refractivity contribution is 0.291. The van der Waals surface area contributed by atoms with E-state index in [9.17, 15) is 0 Å². The van der Waals surface area contributed by atoms with Gasteiger partial charge in [0.15, 0.2) is 0 Å². The van der Waals surface area contributed by atoms with Crippen molar-refractivity contribution < 1.29 is 0 Å². The molecule has 22 heavy (non-hydrogen) atoms. The molecule has 1 saturated carbocycles. The summed E-state index contributed by atoms with van der Waals surface area (Å²) in [6.45, 7) is 0. The van der Waals surface area contributed by atoms with Gasteiger partial charge in [0.25, 0.3) is 0 Å². The molecule has 1 nitrogen and oxygen atoms in total. The van der Waals surface area contributed by atoms with Gasteiger partial charge in [-0.05, 0) is 51.4 Å². The number of rotatable bonds is 5. The van der Waals surface area contributed by atoms with Crippen molar-refractivity contribution >= 4 is 18.5 Å². The van der Waals surface area contributed by atoms with Gasteiger partial charge in [0.05, 0.1) is 0 Å². The average Bonchev–Trinajstić information content (AvgIpc) is 3.07. The van der Waals surface area contributed by atoms with Crippen molar-refractivity contribution in [3.05, 3.63) is 60.7 Å². The standard InChI is InChI=1S/C20H26NP/c1-21(2)20(17-11-9-10-12-17)22(18-13-5-3-6-14-18)19-15-7-4-8-16-19/h3-8,13-17,20H,9-12H2,1-2H3. The van der Waals surface area contributed by atoms with Crippen LogP contribution < -0.4 is 10.6 Å². The van der Waals surface area contributed by atoms with E-state index in [4.69, 9.17) is 0 Å². The molecule has 0 bridgehead atoms. The maximum Gasteiger partial charge on any atom is 0.0400 e. The predicted molar refractivity (Wildman–Crippen MR) is 98.5 cm³/mol. The second-order valence-corrected chi connectivity index (χ2v) is 8.76. The smallest absolute Gasteiger partial charge is 0.0400 e. The molecule has 0 spiro atoms. The van der Waals surface area contributed by atoms with Crippen LogP contribution in [-0.4, -0.2) is 24.8 Å². The van der Waals surface area contributed by atoms with Crippen molar-refractivity contribution in [1.29, 1.82) is 0 Å². The molecule has 0 aromatic heterocycles. The molecular formula is C20H26NP. The highest BCUT2D eigenvalue weighted by Crippen LogP contribution is 2.48. The molecule has 0 aliphatic heterocycles. The fraction of sp³-hybridized carbons (Fsp3) is 0.400. The van der Waals surface area contributed by atoms with Gasteiger partial charge in [0.2, 0.25) is 0 Å². The zero-order chi connectivity index (χ0) is 15.4. The molecule has 116 valence electrons. The van der Waals surface area contributed by atoms with Crippen molar-refractivity contribution in [3.8, 4) is 0 Å². The molecule has 1 aliphatic rings. The molecular weight excluding hydrogens is 285 g/mol. The Morgan fingerprint density at radius 3 is 1.68 bits per heavy atom. The summed E-state index contributed by atoms with van der Waals surface area (Å²) >= 11 is 0. The number of hydrogen-bond donors (Lipinski definition) is 0. The van der Waals surface area contributed by atoms with Gasteiger partial charge >= 0.3 is 0 Å². The molecule has 0 heterocycles. The van der Waals surface area contributed by atoms with Crippen molar-refractivity contribution in [2.45, 2.75) is 31.5 Å². The van der Waals surface area contributed by atoms with Crippen molar-refractivity contribution in [1.82, 2.24) is 4.90 Å². The van der Waals surface area contributed by atoms with Crippen LogP contribution in [0.3, 0.4) is 0 Å². The molecule has 3 rings (SSSR count). The van der Waals surface area contributed by atoms with Crippen LogP contribution in [0.1, 0.15) is 25.7 Å². The first-order valence-corrected chi connectivity index (χ1v) is 9.74. The zero-order valence-corrected chi connectivity index (χ0v) is 14.5. The molecule has 1 fully saturated rings. The van der Waals surface area contributed by atoms with Gasteiger partial charge in [-0.15, -0.1) is 0 Å². The molecule has 0 amide bonds. The van der Waals surface area contributed by atoms with E-state index in [0.717, 1.165) is 5.92 Å². The van der Waals surface area contributed by atoms with Crippen LogP contribution in [0.15, 0.2) is 60.7 Å². The molecule has 1 atom stereocenters. The van der Waals surface area contributed by atoms with Gasteiger partial charge in [0, 0.05) is 5.78 Å². The van der Waals surface area contributed by atoms with Crippen LogP contribution in [-0.2, 0) is 0 Å². The lowest BCUT2D eigenvalue weighted by Gasteiger charge is -2.37. The maximum atomic E-state index is 2.49. The summed E-state index contributed by atoms with van der Waals surface area (Å²) in [5, 5.41) is 3.02. The Morgan fingerprint density at radius 1 is 0.818 bits per heavy atom. The van der Waals surface area contributed by atoms with E-state index in [2.05, 4.69) is 79.7 Å². The molecule has 2 aromatic rings. The summed E-state index contributed by atoms with van der Waals surface area (Å²) in [4.78, 5) is 2.49. The third-order valence-electron chi connectivity index (χ3n) is 4.68. The molecule has 1 aliphatic carbocycles. The third kappa shape index (κ3) is 3.42. The summed E-state index contributed by atoms with van der Waals surface area (Å²) in [7, 11) is 4.20. The van der Waals surface area contributed by atoms with E-state index in [0.29, 0.717) is 5.78 Å². The van der Waals surface area contributed by atoms with Crippen LogP contribution in [0.5, 0.6) is 0 Å². The van der Waals surface area contributed by atoms with Gasteiger partial charge in [-0.25, -0.2) is 0 Å². The topological polar surface area (TPSA) is 3.24 Å². The number of benzene rings is 2. The molecule has 2 aromatic carbocycles. The van der Waals surface area contributed by atoms with E-state index in [1.807, 2.05) is 0 Å². The first kappa shape index (κ1) is 15.7. The molecule has 2 heteroatoms. The van der Waals surface area contributed by atoms with Crippen LogP contribution in [0.4, 0.5) is 0 Å². The van der Waals surface area contributed by atoms with E-state index < -0.39 is 0 Å². The minimum Gasteiger partial charge on any atom is -0.302 e. The molecule has 0 N–H and O–H groups in total. The van der Waals surface area contributed by atoms with Crippen LogP contribution in [0.2, 0.25) is 0 Å². The van der Waals surface area contributed by atoms with Gasteiger partial charge in [-0.1, -0.05) is 73.5 Å². The van der Waals surface area contributed by atoms with Crippen LogP contribution >= 0.6 is 7.92 Å². The fourth-order valence-electron chi connectivity index (χ4n) is 3.75. The lowest BCUT2D eigenvalue weighted by Crippen LogP contribution is -2.38. The Morgan fingerprint density at radius 2 is 1.27 bits per heavy atom. The van der Waals surface area contributed by atoms with Gasteiger partial charge in [-0.3, -0.25) is 0 Å². The largest absolute Gasteiger partial charge is 0.302 e. The quantitative estimate of drug-likeness (QED) is 0.748. The second kappa shape index (κ2) is 7.40. The third-order valence-corrected chi connectivity index (χ3v) is 7.81. The van der Waals surface area contributed by atoms with Crippen LogP contribution in [0.25, 0.3) is 0 Å². The van der Waals surface area contributed by atoms with E-state index in [1.165, 1.54) is 36.3 Å². The normalized spacial score (nSPS) is 17.3. The summed E-state index contributed by atoms with van der Waals surface area (Å²) in [6, 6.07) is 22.3. The van der Waals surface area contributed by atoms with Crippen molar-refractivity contribution in [2.75, 3.05) is 14.1 Å². The summed E-state index contributed by atoms with van der Waals surface area (Å²) in [5.74, 6) is 1.48. The van der Waals surface area contributed by atoms with E-state index in [1.54, 1.807) is 0 Å². The monoisotopic (exact) mass is 311 g/mol. The Bertz CT molecular complexity index is 521. The maximum absolute atomic E-state index is 2.49. The fourth-order valence-corrected chi connectivity index (χ4v) is 6.83. The van der Waals surface area contributed by atoms with E-state index in [-0.39, 0.29) is 7.92 Å². The SMILES string of the molecule is CN(C)C(C1CCCC1)P(c1ccccc1)c1ccccc1. The Labute approximate surface area is 136 Å². The highest BCUT2D eigenvalue weighted by atomic mass is 31.1. The van der Waals surface area contributed by atoms with Crippen LogP contribution in [0, 0.1) is 5.92 Å². The first-order valence-electron chi connectivity index (χ1n) is 8.33. The van der Waals surface area contributed by atoms with E-state index >= 15 is 0 Å². The highest BCUT2D eigenvalue weighted by Gasteiger charge is 2.34. The molecule has 0 radical (unpaired) electrons.